The first-order valence-electron chi connectivity index (χ1n) is 13.6. The van der Waals surface area contributed by atoms with Crippen LogP contribution < -0.4 is 10.6 Å². The maximum Gasteiger partial charge on any atom is 0.254 e. The highest BCUT2D eigenvalue weighted by Crippen LogP contribution is 2.40. The molecule has 1 heterocycles. The summed E-state index contributed by atoms with van der Waals surface area (Å²) < 4.78 is -0.594. The molecule has 1 aliphatic rings. The molecule has 0 saturated carbocycles. The predicted octanol–water partition coefficient (Wildman–Crippen LogP) is 3.71. The van der Waals surface area contributed by atoms with Crippen molar-refractivity contribution < 1.29 is 24.6 Å². The Labute approximate surface area is 245 Å². The Morgan fingerprint density at radius 1 is 1.00 bits per heavy atom. The van der Waals surface area contributed by atoms with Gasteiger partial charge in [0, 0.05) is 22.4 Å². The fraction of sp³-hybridized carbons (Fsp3) is 0.344. The van der Waals surface area contributed by atoms with Crippen LogP contribution in [-0.4, -0.2) is 61.6 Å². The number of aromatic hydroxyl groups is 1. The van der Waals surface area contributed by atoms with Gasteiger partial charge in [-0.15, -0.1) is 11.8 Å². The summed E-state index contributed by atoms with van der Waals surface area (Å²) >= 11 is 1.46. The van der Waals surface area contributed by atoms with Crippen LogP contribution in [0, 0.1) is 13.8 Å². The summed E-state index contributed by atoms with van der Waals surface area (Å²) in [5, 5.41) is 27.3. The van der Waals surface area contributed by atoms with Crippen molar-refractivity contribution in [2.24, 2.45) is 0 Å². The van der Waals surface area contributed by atoms with Crippen LogP contribution in [-0.2, 0) is 22.6 Å². The predicted molar refractivity (Wildman–Crippen MR) is 160 cm³/mol. The molecule has 0 radical (unpaired) electrons. The van der Waals surface area contributed by atoms with E-state index in [2.05, 4.69) is 10.6 Å². The van der Waals surface area contributed by atoms with Crippen molar-refractivity contribution in [2.75, 3.05) is 5.88 Å². The average molecular weight is 576 g/mol. The van der Waals surface area contributed by atoms with Gasteiger partial charge in [0.1, 0.15) is 11.8 Å². The van der Waals surface area contributed by atoms with Crippen LogP contribution in [0.25, 0.3) is 0 Å². The van der Waals surface area contributed by atoms with E-state index in [9.17, 15) is 24.6 Å². The molecule has 0 bridgehead atoms. The minimum atomic E-state index is -1.61. The molecule has 4 N–H and O–H groups in total. The van der Waals surface area contributed by atoms with E-state index in [1.54, 1.807) is 19.1 Å². The molecule has 0 aromatic heterocycles. The van der Waals surface area contributed by atoms with Crippen molar-refractivity contribution in [3.63, 3.8) is 0 Å². The van der Waals surface area contributed by atoms with Gasteiger partial charge in [-0.25, -0.2) is 0 Å². The molecule has 1 fully saturated rings. The number of carbonyl (C=O) groups is 3. The molecule has 3 unspecified atom stereocenters. The van der Waals surface area contributed by atoms with Gasteiger partial charge in [0.05, 0.1) is 11.9 Å². The van der Waals surface area contributed by atoms with Crippen molar-refractivity contribution in [1.29, 1.82) is 0 Å². The topological polar surface area (TPSA) is 119 Å². The molecule has 1 aliphatic heterocycles. The number of phenols is 1. The highest BCUT2D eigenvalue weighted by molar-refractivity contribution is 8.00. The lowest BCUT2D eigenvalue weighted by Crippen LogP contribution is -2.58. The molecule has 8 nitrogen and oxygen atoms in total. The normalized spacial score (nSPS) is 17.5. The third-order valence-electron chi connectivity index (χ3n) is 7.43. The first kappa shape index (κ1) is 30.1. The fourth-order valence-electron chi connectivity index (χ4n) is 5.09. The summed E-state index contributed by atoms with van der Waals surface area (Å²) in [6.07, 6.45) is -1.43. The van der Waals surface area contributed by atoms with Crippen LogP contribution in [0.3, 0.4) is 0 Å². The van der Waals surface area contributed by atoms with Crippen molar-refractivity contribution in [3.8, 4) is 5.75 Å². The van der Waals surface area contributed by atoms with Crippen molar-refractivity contribution in [1.82, 2.24) is 15.5 Å². The number of rotatable bonds is 9. The standard InChI is InChI=1S/C32H37N3O5S/c1-20-10-8-13-23(16-20)18-33-30(39)28-32(3,4)41-19-35(28)31(40)27(37)25(17-22-11-6-5-7-12-22)34-29(38)24-14-9-15-26(36)21(24)2/h5-16,25,27-28,36-37H,17-19H2,1-4H3,(H,33,39)(H,34,38). The number of hydrogen-bond acceptors (Lipinski definition) is 6. The highest BCUT2D eigenvalue weighted by Gasteiger charge is 2.49. The number of nitrogens with zero attached hydrogens (tertiary/aromatic N) is 1. The lowest BCUT2D eigenvalue weighted by Gasteiger charge is -2.33. The molecule has 41 heavy (non-hydrogen) atoms. The number of amides is 3. The Morgan fingerprint density at radius 2 is 1.68 bits per heavy atom. The number of thioether (sulfide) groups is 1. The van der Waals surface area contributed by atoms with Crippen LogP contribution in [0.1, 0.15) is 46.5 Å². The van der Waals surface area contributed by atoms with Crippen molar-refractivity contribution in [3.05, 3.63) is 101 Å². The van der Waals surface area contributed by atoms with Crippen molar-refractivity contribution in [2.45, 2.75) is 63.6 Å². The molecule has 3 aromatic rings. The molecular formula is C32H37N3O5S. The summed E-state index contributed by atoms with van der Waals surface area (Å²) in [4.78, 5) is 42.0. The van der Waals surface area contributed by atoms with Crippen LogP contribution in [0.2, 0.25) is 0 Å². The minimum Gasteiger partial charge on any atom is -0.508 e. The van der Waals surface area contributed by atoms with E-state index in [1.165, 1.54) is 22.7 Å². The molecule has 1 saturated heterocycles. The summed E-state index contributed by atoms with van der Waals surface area (Å²) in [5.74, 6) is -1.25. The largest absolute Gasteiger partial charge is 0.508 e. The molecule has 3 amide bonds. The van der Waals surface area contributed by atoms with Gasteiger partial charge in [0.2, 0.25) is 5.91 Å². The lowest BCUT2D eigenvalue weighted by molar-refractivity contribution is -0.147. The fourth-order valence-corrected chi connectivity index (χ4v) is 6.23. The summed E-state index contributed by atoms with van der Waals surface area (Å²) in [6, 6.07) is 19.9. The Bertz CT molecular complexity index is 1410. The maximum absolute atomic E-state index is 13.8. The first-order valence-corrected chi connectivity index (χ1v) is 14.6. The van der Waals surface area contributed by atoms with Gasteiger partial charge in [0.25, 0.3) is 11.8 Å². The average Bonchev–Trinajstić information content (AvgIpc) is 3.27. The molecule has 3 aromatic carbocycles. The summed E-state index contributed by atoms with van der Waals surface area (Å²) in [7, 11) is 0. The van der Waals surface area contributed by atoms with Gasteiger partial charge >= 0.3 is 0 Å². The smallest absolute Gasteiger partial charge is 0.254 e. The molecule has 0 spiro atoms. The molecular weight excluding hydrogens is 538 g/mol. The highest BCUT2D eigenvalue weighted by atomic mass is 32.2. The van der Waals surface area contributed by atoms with Crippen molar-refractivity contribution >= 4 is 29.5 Å². The second-order valence-electron chi connectivity index (χ2n) is 11.0. The van der Waals surface area contributed by atoms with Gasteiger partial charge in [-0.3, -0.25) is 14.4 Å². The van der Waals surface area contributed by atoms with E-state index in [-0.39, 0.29) is 29.5 Å². The number of aryl methyl sites for hydroxylation is 1. The van der Waals surface area contributed by atoms with Crippen LogP contribution in [0.15, 0.2) is 72.8 Å². The molecule has 9 heteroatoms. The van der Waals surface area contributed by atoms with Crippen LogP contribution in [0.4, 0.5) is 0 Å². The summed E-state index contributed by atoms with van der Waals surface area (Å²) in [5.41, 5.74) is 3.50. The third kappa shape index (κ3) is 7.10. The lowest BCUT2D eigenvalue weighted by atomic mass is 9.96. The van der Waals surface area contributed by atoms with E-state index in [4.69, 9.17) is 0 Å². The number of hydrogen-bond donors (Lipinski definition) is 4. The second-order valence-corrected chi connectivity index (χ2v) is 12.6. The van der Waals surface area contributed by atoms with E-state index in [1.807, 2.05) is 75.4 Å². The van der Waals surface area contributed by atoms with E-state index in [0.29, 0.717) is 12.1 Å². The first-order chi connectivity index (χ1) is 19.5. The van der Waals surface area contributed by atoms with E-state index < -0.39 is 34.7 Å². The van der Waals surface area contributed by atoms with Gasteiger partial charge in [-0.1, -0.05) is 66.2 Å². The monoisotopic (exact) mass is 575 g/mol. The number of benzene rings is 3. The Balaban J connectivity index is 1.55. The van der Waals surface area contributed by atoms with E-state index in [0.717, 1.165) is 16.7 Å². The number of aliphatic hydroxyl groups is 1. The third-order valence-corrected chi connectivity index (χ3v) is 8.80. The number of nitrogens with one attached hydrogen (secondary N) is 2. The summed E-state index contributed by atoms with van der Waals surface area (Å²) in [6.45, 7) is 7.74. The SMILES string of the molecule is Cc1cccc(CNC(=O)C2N(C(=O)C(O)C(Cc3ccccc3)NC(=O)c3cccc(O)c3C)CSC2(C)C)c1. The van der Waals surface area contributed by atoms with Gasteiger partial charge in [-0.2, -0.15) is 0 Å². The molecule has 4 rings (SSSR count). The Morgan fingerprint density at radius 3 is 2.39 bits per heavy atom. The molecule has 0 aliphatic carbocycles. The number of phenolic OH excluding ortho intramolecular Hbond substituents is 1. The zero-order valence-corrected chi connectivity index (χ0v) is 24.6. The quantitative estimate of drug-likeness (QED) is 0.309. The van der Waals surface area contributed by atoms with Gasteiger partial charge in [0.15, 0.2) is 6.10 Å². The van der Waals surface area contributed by atoms with Gasteiger partial charge < -0.3 is 25.7 Å². The minimum absolute atomic E-state index is 0.0234. The number of carbonyl (C=O) groups excluding carboxylic acids is 3. The Hall–Kier alpha value is -3.82. The molecule has 3 atom stereocenters. The number of aliphatic hydroxyl groups excluding tert-OH is 1. The molecule has 216 valence electrons. The van der Waals surface area contributed by atoms with E-state index >= 15 is 0 Å². The second kappa shape index (κ2) is 12.8. The zero-order chi connectivity index (χ0) is 29.7. The van der Waals surface area contributed by atoms with Crippen LogP contribution >= 0.6 is 11.8 Å². The maximum atomic E-state index is 13.8. The zero-order valence-electron chi connectivity index (χ0n) is 23.8. The van der Waals surface area contributed by atoms with Gasteiger partial charge in [-0.05, 0) is 57.4 Å². The Kier molecular flexibility index (Phi) is 9.40. The van der Waals surface area contributed by atoms with Crippen LogP contribution in [0.5, 0.6) is 5.75 Å².